The van der Waals surface area contributed by atoms with Crippen molar-refractivity contribution < 1.29 is 9.53 Å². The molecule has 1 saturated heterocycles. The number of amides is 1. The number of hydrogen-bond donors (Lipinski definition) is 1. The van der Waals surface area contributed by atoms with Crippen LogP contribution in [0.1, 0.15) is 26.2 Å². The number of likely N-dealkylation sites (tertiary alicyclic amines) is 1. The van der Waals surface area contributed by atoms with Crippen molar-refractivity contribution in [3.63, 3.8) is 0 Å². The summed E-state index contributed by atoms with van der Waals surface area (Å²) >= 11 is 1.57. The first-order valence-electron chi connectivity index (χ1n) is 7.43. The maximum absolute atomic E-state index is 12.4. The van der Waals surface area contributed by atoms with Crippen molar-refractivity contribution >= 4 is 17.7 Å². The molecule has 1 aliphatic rings. The van der Waals surface area contributed by atoms with Crippen LogP contribution in [0.25, 0.3) is 0 Å². The third-order valence-corrected chi connectivity index (χ3v) is 4.90. The summed E-state index contributed by atoms with van der Waals surface area (Å²) in [6, 6.07) is 8.03. The minimum atomic E-state index is 0.0419. The van der Waals surface area contributed by atoms with Crippen LogP contribution in [0.4, 0.5) is 0 Å². The van der Waals surface area contributed by atoms with Gasteiger partial charge in [0.1, 0.15) is 5.75 Å². The van der Waals surface area contributed by atoms with Crippen molar-refractivity contribution in [2.24, 2.45) is 5.73 Å². The molecule has 116 valence electrons. The molecule has 2 N–H and O–H groups in total. The quantitative estimate of drug-likeness (QED) is 0.849. The fourth-order valence-corrected chi connectivity index (χ4v) is 3.50. The SMILES string of the molecule is COc1ccc(SCC(=O)N2CCCCC2C(C)N)cc1. The van der Waals surface area contributed by atoms with Crippen molar-refractivity contribution in [3.8, 4) is 5.75 Å². The molecule has 5 heteroatoms. The Kier molecular flexibility index (Phi) is 5.94. The largest absolute Gasteiger partial charge is 0.497 e. The maximum Gasteiger partial charge on any atom is 0.233 e. The molecule has 2 rings (SSSR count). The molecule has 1 fully saturated rings. The van der Waals surface area contributed by atoms with Gasteiger partial charge >= 0.3 is 0 Å². The Morgan fingerprint density at radius 1 is 1.43 bits per heavy atom. The Labute approximate surface area is 131 Å². The van der Waals surface area contributed by atoms with Gasteiger partial charge in [0, 0.05) is 23.5 Å². The lowest BCUT2D eigenvalue weighted by molar-refractivity contribution is -0.132. The number of benzene rings is 1. The van der Waals surface area contributed by atoms with E-state index in [0.29, 0.717) is 5.75 Å². The van der Waals surface area contributed by atoms with Gasteiger partial charge in [-0.2, -0.15) is 0 Å². The van der Waals surface area contributed by atoms with Gasteiger partial charge in [-0.15, -0.1) is 11.8 Å². The lowest BCUT2D eigenvalue weighted by atomic mass is 9.97. The summed E-state index contributed by atoms with van der Waals surface area (Å²) in [5, 5.41) is 0. The zero-order chi connectivity index (χ0) is 15.2. The summed E-state index contributed by atoms with van der Waals surface area (Å²) in [5.74, 6) is 1.49. The van der Waals surface area contributed by atoms with E-state index in [-0.39, 0.29) is 18.0 Å². The number of carbonyl (C=O) groups is 1. The molecule has 21 heavy (non-hydrogen) atoms. The van der Waals surface area contributed by atoms with E-state index in [1.54, 1.807) is 18.9 Å². The lowest BCUT2D eigenvalue weighted by Crippen LogP contribution is -2.52. The Hall–Kier alpha value is -1.20. The second kappa shape index (κ2) is 7.71. The monoisotopic (exact) mass is 308 g/mol. The minimum absolute atomic E-state index is 0.0419. The number of nitrogens with zero attached hydrogens (tertiary/aromatic N) is 1. The molecule has 1 aromatic rings. The highest BCUT2D eigenvalue weighted by atomic mass is 32.2. The molecule has 1 heterocycles. The van der Waals surface area contributed by atoms with E-state index in [1.807, 2.05) is 36.1 Å². The van der Waals surface area contributed by atoms with Gasteiger partial charge in [-0.25, -0.2) is 0 Å². The summed E-state index contributed by atoms with van der Waals surface area (Å²) in [4.78, 5) is 15.5. The van der Waals surface area contributed by atoms with Crippen LogP contribution in [0.2, 0.25) is 0 Å². The highest BCUT2D eigenvalue weighted by Crippen LogP contribution is 2.24. The van der Waals surface area contributed by atoms with E-state index in [2.05, 4.69) is 0 Å². The number of carbonyl (C=O) groups excluding carboxylic acids is 1. The van der Waals surface area contributed by atoms with Crippen LogP contribution in [0.3, 0.4) is 0 Å². The normalized spacial score (nSPS) is 20.1. The van der Waals surface area contributed by atoms with Crippen LogP contribution in [0.15, 0.2) is 29.2 Å². The summed E-state index contributed by atoms with van der Waals surface area (Å²) in [7, 11) is 1.65. The van der Waals surface area contributed by atoms with Gasteiger partial charge < -0.3 is 15.4 Å². The molecule has 0 radical (unpaired) electrons. The van der Waals surface area contributed by atoms with Gasteiger partial charge in [-0.3, -0.25) is 4.79 Å². The molecule has 1 aliphatic heterocycles. The smallest absolute Gasteiger partial charge is 0.233 e. The second-order valence-corrected chi connectivity index (χ2v) is 6.52. The molecule has 0 saturated carbocycles. The molecule has 0 aliphatic carbocycles. The van der Waals surface area contributed by atoms with Crippen LogP contribution in [0.5, 0.6) is 5.75 Å². The van der Waals surface area contributed by atoms with Gasteiger partial charge in [0.05, 0.1) is 12.9 Å². The molecule has 1 amide bonds. The van der Waals surface area contributed by atoms with Crippen LogP contribution >= 0.6 is 11.8 Å². The zero-order valence-corrected chi connectivity index (χ0v) is 13.6. The molecule has 0 aromatic heterocycles. The number of thioether (sulfide) groups is 1. The maximum atomic E-state index is 12.4. The molecular formula is C16H24N2O2S. The third-order valence-electron chi connectivity index (χ3n) is 3.90. The third kappa shape index (κ3) is 4.38. The van der Waals surface area contributed by atoms with Crippen molar-refractivity contribution in [1.82, 2.24) is 4.90 Å². The summed E-state index contributed by atoms with van der Waals surface area (Å²) in [6.07, 6.45) is 3.28. The summed E-state index contributed by atoms with van der Waals surface area (Å²) < 4.78 is 5.13. The Balaban J connectivity index is 1.90. The van der Waals surface area contributed by atoms with Gasteiger partial charge in [0.2, 0.25) is 5.91 Å². The van der Waals surface area contributed by atoms with E-state index < -0.39 is 0 Å². The Morgan fingerprint density at radius 3 is 2.76 bits per heavy atom. The number of methoxy groups -OCH3 is 1. The van der Waals surface area contributed by atoms with Crippen LogP contribution in [-0.4, -0.2) is 42.3 Å². The average molecular weight is 308 g/mol. The Bertz CT molecular complexity index is 462. The van der Waals surface area contributed by atoms with E-state index in [4.69, 9.17) is 10.5 Å². The standard InChI is InChI=1S/C16H24N2O2S/c1-12(17)15-5-3-4-10-18(15)16(19)11-21-14-8-6-13(20-2)7-9-14/h6-9,12,15H,3-5,10-11,17H2,1-2H3. The summed E-state index contributed by atoms with van der Waals surface area (Å²) in [6.45, 7) is 2.83. The van der Waals surface area contributed by atoms with Gasteiger partial charge in [-0.05, 0) is 50.5 Å². The number of rotatable bonds is 5. The van der Waals surface area contributed by atoms with E-state index in [1.165, 1.54) is 6.42 Å². The fourth-order valence-electron chi connectivity index (χ4n) is 2.71. The molecule has 2 atom stereocenters. The first-order chi connectivity index (χ1) is 10.1. The van der Waals surface area contributed by atoms with Crippen LogP contribution < -0.4 is 10.5 Å². The number of nitrogens with two attached hydrogens (primary N) is 1. The van der Waals surface area contributed by atoms with Crippen molar-refractivity contribution in [2.45, 2.75) is 43.2 Å². The number of hydrogen-bond acceptors (Lipinski definition) is 4. The van der Waals surface area contributed by atoms with Gasteiger partial charge in [-0.1, -0.05) is 0 Å². The minimum Gasteiger partial charge on any atom is -0.497 e. The highest BCUT2D eigenvalue weighted by Gasteiger charge is 2.28. The van der Waals surface area contributed by atoms with E-state index in [0.717, 1.165) is 30.0 Å². The first kappa shape index (κ1) is 16.2. The number of ether oxygens (including phenoxy) is 1. The topological polar surface area (TPSA) is 55.6 Å². The molecule has 0 spiro atoms. The van der Waals surface area contributed by atoms with Crippen molar-refractivity contribution in [2.75, 3.05) is 19.4 Å². The molecular weight excluding hydrogens is 284 g/mol. The number of piperidine rings is 1. The summed E-state index contributed by atoms with van der Waals surface area (Å²) in [5.41, 5.74) is 6.02. The van der Waals surface area contributed by atoms with Crippen molar-refractivity contribution in [1.29, 1.82) is 0 Å². The molecule has 1 aromatic carbocycles. The van der Waals surface area contributed by atoms with E-state index in [9.17, 15) is 4.79 Å². The van der Waals surface area contributed by atoms with Gasteiger partial charge in [0.25, 0.3) is 0 Å². The Morgan fingerprint density at radius 2 is 2.14 bits per heavy atom. The van der Waals surface area contributed by atoms with E-state index >= 15 is 0 Å². The highest BCUT2D eigenvalue weighted by molar-refractivity contribution is 8.00. The van der Waals surface area contributed by atoms with Crippen molar-refractivity contribution in [3.05, 3.63) is 24.3 Å². The fraction of sp³-hybridized carbons (Fsp3) is 0.562. The van der Waals surface area contributed by atoms with Crippen LogP contribution in [-0.2, 0) is 4.79 Å². The molecule has 4 nitrogen and oxygen atoms in total. The lowest BCUT2D eigenvalue weighted by Gasteiger charge is -2.38. The van der Waals surface area contributed by atoms with Crippen LogP contribution in [0, 0.1) is 0 Å². The average Bonchev–Trinajstić information content (AvgIpc) is 2.53. The predicted molar refractivity (Wildman–Crippen MR) is 86.7 cm³/mol. The zero-order valence-electron chi connectivity index (χ0n) is 12.7. The van der Waals surface area contributed by atoms with Gasteiger partial charge in [0.15, 0.2) is 0 Å². The predicted octanol–water partition coefficient (Wildman–Crippen LogP) is 2.52. The first-order valence-corrected chi connectivity index (χ1v) is 8.42. The molecule has 2 unspecified atom stereocenters. The molecule has 0 bridgehead atoms. The second-order valence-electron chi connectivity index (χ2n) is 5.47.